The number of rotatable bonds is 6. The first-order valence-corrected chi connectivity index (χ1v) is 24.1. The summed E-state index contributed by atoms with van der Waals surface area (Å²) in [6, 6.07) is 84.0. The van der Waals surface area contributed by atoms with Gasteiger partial charge in [0.05, 0.1) is 5.41 Å². The lowest BCUT2D eigenvalue weighted by Gasteiger charge is -2.34. The zero-order valence-corrected chi connectivity index (χ0v) is 38.2. The Kier molecular flexibility index (Phi) is 8.51. The van der Waals surface area contributed by atoms with Crippen LogP contribution >= 0.6 is 0 Å². The minimum absolute atomic E-state index is 0.564. The second kappa shape index (κ2) is 15.3. The average Bonchev–Trinajstić information content (AvgIpc) is 4.11. The van der Waals surface area contributed by atoms with E-state index in [4.69, 9.17) is 23.8 Å². The Morgan fingerprint density at radius 1 is 0.282 bits per heavy atom. The lowest BCUT2D eigenvalue weighted by molar-refractivity contribution is 0.669. The van der Waals surface area contributed by atoms with Crippen LogP contribution < -0.4 is 0 Å². The molecule has 0 bridgehead atoms. The first-order chi connectivity index (χ1) is 35.2. The van der Waals surface area contributed by atoms with Crippen LogP contribution in [-0.4, -0.2) is 15.0 Å². The van der Waals surface area contributed by atoms with Gasteiger partial charge in [-0.15, -0.1) is 0 Å². The van der Waals surface area contributed by atoms with Crippen LogP contribution in [0.15, 0.2) is 245 Å². The summed E-state index contributed by atoms with van der Waals surface area (Å²) in [5.41, 5.74) is 14.9. The van der Waals surface area contributed by atoms with E-state index in [0.717, 1.165) is 93.2 Å². The standard InChI is InChI=1S/C66H39N3O2/c1-3-17-46(18-4-1)66(47-19-5-2-6-20-47)57-25-13-11-22-49(57)50-32-30-44(36-58(50)66)64-67-63(43-28-27-40-15-7-8-16-41(40)35-43)68-65(69-64)45-31-34-53-52-33-29-42(37-60(52)70-61(53)38-45)55-39-56-51-23-12-14-26-59(51)71-62(56)54-24-10-9-21-48(54)55/h1-39H. The van der Waals surface area contributed by atoms with Crippen LogP contribution in [0.25, 0.3) is 122 Å². The third-order valence-corrected chi connectivity index (χ3v) is 14.8. The molecule has 0 radical (unpaired) electrons. The van der Waals surface area contributed by atoms with E-state index in [1.165, 1.54) is 33.4 Å². The van der Waals surface area contributed by atoms with Crippen LogP contribution in [0.3, 0.4) is 0 Å². The van der Waals surface area contributed by atoms with Crippen molar-refractivity contribution in [1.29, 1.82) is 0 Å². The van der Waals surface area contributed by atoms with Gasteiger partial charge in [-0.1, -0.05) is 188 Å². The molecule has 0 saturated heterocycles. The Bertz CT molecular complexity index is 4440. The van der Waals surface area contributed by atoms with E-state index >= 15 is 0 Å². The number of hydrogen-bond acceptors (Lipinski definition) is 5. The summed E-state index contributed by atoms with van der Waals surface area (Å²) in [5, 5.41) is 8.76. The molecule has 330 valence electrons. The van der Waals surface area contributed by atoms with Crippen molar-refractivity contribution in [2.24, 2.45) is 0 Å². The molecule has 1 aliphatic carbocycles. The molecule has 11 aromatic carbocycles. The number of aromatic nitrogens is 3. The minimum atomic E-state index is -0.568. The molecule has 0 saturated carbocycles. The molecule has 0 atom stereocenters. The molecule has 0 N–H and O–H groups in total. The Balaban J connectivity index is 0.900. The molecule has 0 unspecified atom stereocenters. The second-order valence-electron chi connectivity index (χ2n) is 18.6. The van der Waals surface area contributed by atoms with Crippen molar-refractivity contribution in [2.45, 2.75) is 5.41 Å². The summed E-state index contributed by atoms with van der Waals surface area (Å²) in [6.45, 7) is 0. The summed E-state index contributed by atoms with van der Waals surface area (Å²) in [5.74, 6) is 1.76. The van der Waals surface area contributed by atoms with Crippen LogP contribution in [0.5, 0.6) is 0 Å². The van der Waals surface area contributed by atoms with Crippen LogP contribution in [0.1, 0.15) is 22.3 Å². The van der Waals surface area contributed by atoms with E-state index in [2.05, 4.69) is 224 Å². The maximum Gasteiger partial charge on any atom is 0.164 e. The lowest BCUT2D eigenvalue weighted by atomic mass is 9.67. The molecule has 0 aliphatic heterocycles. The molecule has 15 rings (SSSR count). The highest BCUT2D eigenvalue weighted by molar-refractivity contribution is 6.19. The predicted octanol–water partition coefficient (Wildman–Crippen LogP) is 17.0. The summed E-state index contributed by atoms with van der Waals surface area (Å²) in [7, 11) is 0. The number of hydrogen-bond donors (Lipinski definition) is 0. The lowest BCUT2D eigenvalue weighted by Crippen LogP contribution is -2.28. The molecule has 0 amide bonds. The van der Waals surface area contributed by atoms with Gasteiger partial charge in [0, 0.05) is 43.6 Å². The fourth-order valence-corrected chi connectivity index (χ4v) is 11.5. The zero-order chi connectivity index (χ0) is 46.6. The Morgan fingerprint density at radius 2 is 0.803 bits per heavy atom. The molecular formula is C66H39N3O2. The number of furan rings is 2. The summed E-state index contributed by atoms with van der Waals surface area (Å²) >= 11 is 0. The summed E-state index contributed by atoms with van der Waals surface area (Å²) < 4.78 is 13.2. The van der Waals surface area contributed by atoms with E-state index < -0.39 is 5.41 Å². The fraction of sp³-hybridized carbons (Fsp3) is 0.0152. The van der Waals surface area contributed by atoms with Gasteiger partial charge < -0.3 is 8.83 Å². The minimum Gasteiger partial charge on any atom is -0.456 e. The van der Waals surface area contributed by atoms with Crippen molar-refractivity contribution in [1.82, 2.24) is 15.0 Å². The molecule has 71 heavy (non-hydrogen) atoms. The third-order valence-electron chi connectivity index (χ3n) is 14.8. The van der Waals surface area contributed by atoms with Crippen LogP contribution in [0.2, 0.25) is 0 Å². The summed E-state index contributed by atoms with van der Waals surface area (Å²) in [4.78, 5) is 15.9. The maximum atomic E-state index is 6.81. The van der Waals surface area contributed by atoms with Crippen molar-refractivity contribution in [3.8, 4) is 56.4 Å². The number of para-hydroxylation sites is 1. The van der Waals surface area contributed by atoms with E-state index in [1.54, 1.807) is 0 Å². The smallest absolute Gasteiger partial charge is 0.164 e. The van der Waals surface area contributed by atoms with Crippen molar-refractivity contribution >= 4 is 65.4 Å². The fourth-order valence-electron chi connectivity index (χ4n) is 11.5. The average molecular weight is 906 g/mol. The van der Waals surface area contributed by atoms with Gasteiger partial charge in [0.1, 0.15) is 22.3 Å². The number of fused-ring (bicyclic) bond motifs is 12. The van der Waals surface area contributed by atoms with Gasteiger partial charge >= 0.3 is 0 Å². The van der Waals surface area contributed by atoms with Gasteiger partial charge in [-0.05, 0) is 109 Å². The normalized spacial score (nSPS) is 12.9. The van der Waals surface area contributed by atoms with Gasteiger partial charge in [-0.3, -0.25) is 0 Å². The molecule has 14 aromatic rings. The highest BCUT2D eigenvalue weighted by Crippen LogP contribution is 2.56. The highest BCUT2D eigenvalue weighted by Gasteiger charge is 2.46. The van der Waals surface area contributed by atoms with Crippen molar-refractivity contribution in [2.75, 3.05) is 0 Å². The van der Waals surface area contributed by atoms with Gasteiger partial charge in [-0.2, -0.15) is 0 Å². The molecular weight excluding hydrogens is 867 g/mol. The van der Waals surface area contributed by atoms with Crippen LogP contribution in [-0.2, 0) is 5.41 Å². The van der Waals surface area contributed by atoms with Gasteiger partial charge in [0.25, 0.3) is 0 Å². The van der Waals surface area contributed by atoms with Crippen molar-refractivity contribution in [3.63, 3.8) is 0 Å². The van der Waals surface area contributed by atoms with Crippen LogP contribution in [0, 0.1) is 0 Å². The van der Waals surface area contributed by atoms with E-state index in [9.17, 15) is 0 Å². The maximum absolute atomic E-state index is 6.81. The van der Waals surface area contributed by atoms with E-state index in [1.807, 2.05) is 12.1 Å². The Morgan fingerprint density at radius 3 is 1.55 bits per heavy atom. The Labute approximate surface area is 408 Å². The van der Waals surface area contributed by atoms with Crippen LogP contribution in [0.4, 0.5) is 0 Å². The first-order valence-electron chi connectivity index (χ1n) is 24.1. The number of benzene rings is 11. The quantitative estimate of drug-likeness (QED) is 0.166. The van der Waals surface area contributed by atoms with E-state index in [-0.39, 0.29) is 0 Å². The van der Waals surface area contributed by atoms with Crippen molar-refractivity contribution < 1.29 is 8.83 Å². The van der Waals surface area contributed by atoms with Gasteiger partial charge in [-0.25, -0.2) is 15.0 Å². The predicted molar refractivity (Wildman–Crippen MR) is 288 cm³/mol. The molecule has 3 heterocycles. The molecule has 3 aromatic heterocycles. The van der Waals surface area contributed by atoms with Crippen molar-refractivity contribution in [3.05, 3.63) is 259 Å². The molecule has 5 nitrogen and oxygen atoms in total. The second-order valence-corrected chi connectivity index (χ2v) is 18.6. The highest BCUT2D eigenvalue weighted by atomic mass is 16.3. The van der Waals surface area contributed by atoms with E-state index in [0.29, 0.717) is 17.5 Å². The first kappa shape index (κ1) is 39.5. The zero-order valence-electron chi connectivity index (χ0n) is 38.2. The largest absolute Gasteiger partial charge is 0.456 e. The van der Waals surface area contributed by atoms with Gasteiger partial charge in [0.2, 0.25) is 0 Å². The van der Waals surface area contributed by atoms with Gasteiger partial charge in [0.15, 0.2) is 17.5 Å². The molecule has 1 aliphatic rings. The number of nitrogens with zero attached hydrogens (tertiary/aromatic N) is 3. The topological polar surface area (TPSA) is 65.0 Å². The monoisotopic (exact) mass is 905 g/mol. The Hall–Kier alpha value is -9.45. The third kappa shape index (κ3) is 5.96. The molecule has 0 fully saturated rings. The SMILES string of the molecule is c1ccc(C2(c3ccccc3)c3ccccc3-c3ccc(-c4nc(-c5ccc6ccccc6c5)nc(-c5ccc6c(c5)oc5cc(-c7cc8c9ccccc9oc8c8ccccc78)ccc56)n4)cc32)cc1. The molecule has 0 spiro atoms. The summed E-state index contributed by atoms with van der Waals surface area (Å²) in [6.07, 6.45) is 0. The molecule has 5 heteroatoms.